The minimum atomic E-state index is -3.79. The van der Waals surface area contributed by atoms with Crippen molar-refractivity contribution in [3.63, 3.8) is 0 Å². The van der Waals surface area contributed by atoms with E-state index in [-0.39, 0.29) is 43.4 Å². The van der Waals surface area contributed by atoms with E-state index in [0.29, 0.717) is 13.0 Å². The SMILES string of the molecule is CCNC(=O)[C@H](Cc1ccccc1)N(Cc1ccccc1C)C(=O)CCCN(c1ccccc1F)S(C)(=O)=O. The van der Waals surface area contributed by atoms with Gasteiger partial charge >= 0.3 is 0 Å². The molecule has 7 nitrogen and oxygen atoms in total. The zero-order valence-electron chi connectivity index (χ0n) is 22.6. The predicted molar refractivity (Wildman–Crippen MR) is 152 cm³/mol. The second kappa shape index (κ2) is 13.9. The van der Waals surface area contributed by atoms with Crippen LogP contribution in [0.3, 0.4) is 0 Å². The topological polar surface area (TPSA) is 86.8 Å². The summed E-state index contributed by atoms with van der Waals surface area (Å²) in [5.41, 5.74) is 2.76. The third kappa shape index (κ3) is 8.38. The van der Waals surface area contributed by atoms with Gasteiger partial charge in [-0.05, 0) is 49.1 Å². The van der Waals surface area contributed by atoms with E-state index in [1.54, 1.807) is 11.0 Å². The molecule has 1 atom stereocenters. The molecule has 0 unspecified atom stereocenters. The van der Waals surface area contributed by atoms with Crippen LogP contribution in [-0.2, 0) is 32.6 Å². The van der Waals surface area contributed by atoms with Crippen LogP contribution in [-0.4, -0.2) is 50.5 Å². The molecule has 39 heavy (non-hydrogen) atoms. The van der Waals surface area contributed by atoms with E-state index in [2.05, 4.69) is 5.32 Å². The molecule has 0 fully saturated rings. The molecular weight excluding hydrogens is 517 g/mol. The molecule has 0 saturated heterocycles. The Bertz CT molecular complexity index is 1370. The number of likely N-dealkylation sites (N-methyl/N-ethyl adjacent to an activating group) is 1. The van der Waals surface area contributed by atoms with E-state index in [0.717, 1.165) is 27.3 Å². The fourth-order valence-electron chi connectivity index (χ4n) is 4.45. The molecule has 1 N–H and O–H groups in total. The number of nitrogens with zero attached hydrogens (tertiary/aromatic N) is 2. The van der Waals surface area contributed by atoms with Gasteiger partial charge in [-0.1, -0.05) is 66.7 Å². The van der Waals surface area contributed by atoms with Gasteiger partial charge in [0.05, 0.1) is 11.9 Å². The van der Waals surface area contributed by atoms with Crippen LogP contribution in [0.4, 0.5) is 10.1 Å². The van der Waals surface area contributed by atoms with Gasteiger partial charge in [0.1, 0.15) is 11.9 Å². The van der Waals surface area contributed by atoms with E-state index in [1.165, 1.54) is 18.2 Å². The number of hydrogen-bond acceptors (Lipinski definition) is 4. The van der Waals surface area contributed by atoms with E-state index < -0.39 is 21.9 Å². The summed E-state index contributed by atoms with van der Waals surface area (Å²) in [5, 5.41) is 2.86. The third-order valence-electron chi connectivity index (χ3n) is 6.50. The number of carbonyl (C=O) groups excluding carboxylic acids is 2. The predicted octanol–water partition coefficient (Wildman–Crippen LogP) is 4.46. The molecule has 3 rings (SSSR count). The minimum Gasteiger partial charge on any atom is -0.355 e. The van der Waals surface area contributed by atoms with E-state index in [4.69, 9.17) is 0 Å². The summed E-state index contributed by atoms with van der Waals surface area (Å²) < 4.78 is 40.3. The average molecular weight is 554 g/mol. The number of halogens is 1. The number of anilines is 1. The maximum Gasteiger partial charge on any atom is 0.243 e. The third-order valence-corrected chi connectivity index (χ3v) is 7.68. The quantitative estimate of drug-likeness (QED) is 0.339. The van der Waals surface area contributed by atoms with Gasteiger partial charge in [0.2, 0.25) is 21.8 Å². The number of para-hydroxylation sites is 1. The summed E-state index contributed by atoms with van der Waals surface area (Å²) in [7, 11) is -3.79. The summed E-state index contributed by atoms with van der Waals surface area (Å²) in [6.07, 6.45) is 1.47. The molecule has 0 spiro atoms. The standard InChI is InChI=1S/C30H36FN3O4S/c1-4-32-30(36)28(21-24-14-6-5-7-15-24)33(22-25-16-9-8-13-23(25)2)29(35)19-12-20-34(39(3,37)38)27-18-11-10-17-26(27)31/h5-11,13-18,28H,4,12,19-22H2,1-3H3,(H,32,36)/t28-/m0/s1. The van der Waals surface area contributed by atoms with Crippen molar-refractivity contribution in [1.29, 1.82) is 0 Å². The monoisotopic (exact) mass is 553 g/mol. The number of carbonyl (C=O) groups is 2. The summed E-state index contributed by atoms with van der Waals surface area (Å²) in [5.74, 6) is -1.20. The van der Waals surface area contributed by atoms with Crippen molar-refractivity contribution >= 4 is 27.5 Å². The highest BCUT2D eigenvalue weighted by Crippen LogP contribution is 2.23. The van der Waals surface area contributed by atoms with Gasteiger partial charge in [0.15, 0.2) is 0 Å². The molecule has 2 amide bonds. The van der Waals surface area contributed by atoms with Gasteiger partial charge in [-0.25, -0.2) is 12.8 Å². The molecule has 208 valence electrons. The number of amides is 2. The maximum absolute atomic E-state index is 14.4. The number of nitrogens with one attached hydrogen (secondary N) is 1. The Morgan fingerprint density at radius 1 is 0.949 bits per heavy atom. The summed E-state index contributed by atoms with van der Waals surface area (Å²) in [4.78, 5) is 28.6. The van der Waals surface area contributed by atoms with Crippen LogP contribution in [0.2, 0.25) is 0 Å². The Hall–Kier alpha value is -3.72. The van der Waals surface area contributed by atoms with Crippen molar-refractivity contribution in [3.05, 3.63) is 101 Å². The molecule has 0 aliphatic heterocycles. The lowest BCUT2D eigenvalue weighted by Crippen LogP contribution is -2.50. The van der Waals surface area contributed by atoms with Crippen molar-refractivity contribution in [2.75, 3.05) is 23.7 Å². The Kier molecular flexibility index (Phi) is 10.6. The zero-order chi connectivity index (χ0) is 28.4. The first-order valence-electron chi connectivity index (χ1n) is 13.0. The molecule has 9 heteroatoms. The smallest absolute Gasteiger partial charge is 0.243 e. The van der Waals surface area contributed by atoms with Crippen molar-refractivity contribution in [2.45, 2.75) is 45.7 Å². The molecular formula is C30H36FN3O4S. The van der Waals surface area contributed by atoms with Crippen LogP contribution in [0.5, 0.6) is 0 Å². The number of rotatable bonds is 13. The van der Waals surface area contributed by atoms with Gasteiger partial charge in [-0.2, -0.15) is 0 Å². The first-order chi connectivity index (χ1) is 18.6. The average Bonchev–Trinajstić information content (AvgIpc) is 2.90. The van der Waals surface area contributed by atoms with Crippen molar-refractivity contribution < 1.29 is 22.4 Å². The molecule has 0 saturated carbocycles. The van der Waals surface area contributed by atoms with E-state index in [9.17, 15) is 22.4 Å². The summed E-state index contributed by atoms with van der Waals surface area (Å²) >= 11 is 0. The highest BCUT2D eigenvalue weighted by molar-refractivity contribution is 7.92. The number of benzene rings is 3. The first kappa shape index (κ1) is 29.8. The van der Waals surface area contributed by atoms with Crippen molar-refractivity contribution in [2.24, 2.45) is 0 Å². The normalized spacial score (nSPS) is 12.0. The van der Waals surface area contributed by atoms with Gasteiger partial charge in [0, 0.05) is 32.5 Å². The molecule has 0 aliphatic carbocycles. The molecule has 0 radical (unpaired) electrons. The van der Waals surface area contributed by atoms with E-state index in [1.807, 2.05) is 68.4 Å². The largest absolute Gasteiger partial charge is 0.355 e. The lowest BCUT2D eigenvalue weighted by Gasteiger charge is -2.32. The lowest BCUT2D eigenvalue weighted by atomic mass is 10.0. The number of hydrogen-bond donors (Lipinski definition) is 1. The second-order valence-electron chi connectivity index (χ2n) is 9.44. The first-order valence-corrected chi connectivity index (χ1v) is 14.8. The van der Waals surface area contributed by atoms with E-state index >= 15 is 0 Å². The molecule has 3 aromatic carbocycles. The van der Waals surface area contributed by atoms with Crippen LogP contribution in [0.25, 0.3) is 0 Å². The van der Waals surface area contributed by atoms with Crippen LogP contribution >= 0.6 is 0 Å². The Morgan fingerprint density at radius 3 is 2.23 bits per heavy atom. The highest BCUT2D eigenvalue weighted by Gasteiger charge is 2.30. The molecule has 0 heterocycles. The van der Waals surface area contributed by atoms with Crippen molar-refractivity contribution in [3.8, 4) is 0 Å². The van der Waals surface area contributed by atoms with Crippen molar-refractivity contribution in [1.82, 2.24) is 10.2 Å². The summed E-state index contributed by atoms with van der Waals surface area (Å²) in [6.45, 7) is 4.35. The van der Waals surface area contributed by atoms with Gasteiger partial charge in [0.25, 0.3) is 0 Å². The van der Waals surface area contributed by atoms with Crippen LogP contribution in [0.15, 0.2) is 78.9 Å². The molecule has 0 aromatic heterocycles. The molecule has 0 bridgehead atoms. The van der Waals surface area contributed by atoms with Gasteiger partial charge < -0.3 is 10.2 Å². The van der Waals surface area contributed by atoms with Crippen LogP contribution < -0.4 is 9.62 Å². The fourth-order valence-corrected chi connectivity index (χ4v) is 5.42. The second-order valence-corrected chi connectivity index (χ2v) is 11.3. The molecule has 3 aromatic rings. The Labute approximate surface area is 230 Å². The van der Waals surface area contributed by atoms with Gasteiger partial charge in [-0.15, -0.1) is 0 Å². The zero-order valence-corrected chi connectivity index (χ0v) is 23.5. The van der Waals surface area contributed by atoms with Crippen LogP contribution in [0, 0.1) is 12.7 Å². The minimum absolute atomic E-state index is 0.0168. The Balaban J connectivity index is 1.88. The fraction of sp³-hybridized carbons (Fsp3) is 0.333. The Morgan fingerprint density at radius 2 is 1.59 bits per heavy atom. The number of sulfonamides is 1. The highest BCUT2D eigenvalue weighted by atomic mass is 32.2. The van der Waals surface area contributed by atoms with Gasteiger partial charge in [-0.3, -0.25) is 13.9 Å². The maximum atomic E-state index is 14.4. The van der Waals surface area contributed by atoms with Crippen LogP contribution in [0.1, 0.15) is 36.5 Å². The lowest BCUT2D eigenvalue weighted by molar-refractivity contribution is -0.141. The number of aryl methyl sites for hydroxylation is 1. The summed E-state index contributed by atoms with van der Waals surface area (Å²) in [6, 6.07) is 22.1. The molecule has 0 aliphatic rings.